The smallest absolute Gasteiger partial charge is 0.0541 e. The first-order chi connectivity index (χ1) is 22.7. The second-order valence-corrected chi connectivity index (χ2v) is 12.4. The van der Waals surface area contributed by atoms with Crippen LogP contribution >= 0.6 is 12.6 Å². The Hall–Kier alpha value is -5.57. The zero-order chi connectivity index (χ0) is 30.6. The van der Waals surface area contributed by atoms with E-state index in [1.54, 1.807) is 0 Å². The first-order valence-corrected chi connectivity index (χ1v) is 16.1. The highest BCUT2D eigenvalue weighted by Crippen LogP contribution is 2.45. The molecule has 1 aromatic heterocycles. The summed E-state index contributed by atoms with van der Waals surface area (Å²) in [5.41, 5.74) is 10.9. The van der Waals surface area contributed by atoms with Crippen molar-refractivity contribution in [2.75, 3.05) is 0 Å². The van der Waals surface area contributed by atoms with Gasteiger partial charge in [0.05, 0.1) is 11.0 Å². The summed E-state index contributed by atoms with van der Waals surface area (Å²) in [4.78, 5) is 0.971. The SMILES string of the molecule is Sc1ccc2c(c1)c1ccccc1n2-c1ccc(-c2c3ccccc3c(-c3ccccc3)c3cc(-c4ccccc4)ccc23)cc1. The van der Waals surface area contributed by atoms with E-state index in [1.165, 1.54) is 76.7 Å². The summed E-state index contributed by atoms with van der Waals surface area (Å²) in [5, 5.41) is 7.48. The van der Waals surface area contributed by atoms with Crippen LogP contribution < -0.4 is 0 Å². The van der Waals surface area contributed by atoms with Gasteiger partial charge in [-0.15, -0.1) is 12.6 Å². The van der Waals surface area contributed by atoms with Crippen molar-refractivity contribution in [3.05, 3.63) is 170 Å². The molecular formula is C44H29NS. The van der Waals surface area contributed by atoms with E-state index in [0.717, 1.165) is 10.6 Å². The minimum atomic E-state index is 0.971. The van der Waals surface area contributed by atoms with Gasteiger partial charge >= 0.3 is 0 Å². The number of benzene rings is 8. The molecule has 46 heavy (non-hydrogen) atoms. The Balaban J connectivity index is 1.30. The molecule has 0 aliphatic rings. The van der Waals surface area contributed by atoms with Crippen LogP contribution in [0.5, 0.6) is 0 Å². The van der Waals surface area contributed by atoms with Gasteiger partial charge in [-0.3, -0.25) is 0 Å². The molecule has 0 saturated heterocycles. The topological polar surface area (TPSA) is 4.93 Å². The molecule has 0 amide bonds. The molecule has 2 heteroatoms. The maximum absolute atomic E-state index is 4.64. The third-order valence-electron chi connectivity index (χ3n) is 9.26. The standard InChI is InChI=1S/C44H29NS/c46-34-24-26-42-39(28-34)35-15-9-10-18-41(35)45(42)33-22-19-31(20-23-33)43-36-16-7-8-17-37(36)44(30-13-5-2-6-14-30)40-27-32(21-25-38(40)43)29-11-3-1-4-12-29/h1-28,46H. The van der Waals surface area contributed by atoms with E-state index in [2.05, 4.69) is 187 Å². The van der Waals surface area contributed by atoms with Crippen molar-refractivity contribution >= 4 is 56.0 Å². The average molecular weight is 604 g/mol. The van der Waals surface area contributed by atoms with Gasteiger partial charge in [-0.1, -0.05) is 127 Å². The Morgan fingerprint density at radius 2 is 0.848 bits per heavy atom. The minimum Gasteiger partial charge on any atom is -0.309 e. The van der Waals surface area contributed by atoms with Gasteiger partial charge in [0.1, 0.15) is 0 Å². The van der Waals surface area contributed by atoms with Gasteiger partial charge in [-0.05, 0) is 97.4 Å². The van der Waals surface area contributed by atoms with Gasteiger partial charge in [-0.2, -0.15) is 0 Å². The number of hydrogen-bond donors (Lipinski definition) is 1. The van der Waals surface area contributed by atoms with Crippen LogP contribution in [0, 0.1) is 0 Å². The van der Waals surface area contributed by atoms with Crippen LogP contribution in [0.15, 0.2) is 175 Å². The summed E-state index contributed by atoms with van der Waals surface area (Å²) in [6, 6.07) is 61.5. The van der Waals surface area contributed by atoms with Crippen LogP contribution in [0.1, 0.15) is 0 Å². The first-order valence-electron chi connectivity index (χ1n) is 15.7. The highest BCUT2D eigenvalue weighted by molar-refractivity contribution is 7.80. The third-order valence-corrected chi connectivity index (χ3v) is 9.54. The van der Waals surface area contributed by atoms with E-state index in [9.17, 15) is 0 Å². The molecule has 0 spiro atoms. The molecule has 1 nitrogen and oxygen atoms in total. The van der Waals surface area contributed by atoms with Crippen molar-refractivity contribution in [3.63, 3.8) is 0 Å². The lowest BCUT2D eigenvalue weighted by Gasteiger charge is -2.19. The third kappa shape index (κ3) is 4.26. The highest BCUT2D eigenvalue weighted by atomic mass is 32.1. The van der Waals surface area contributed by atoms with Crippen LogP contribution in [-0.2, 0) is 0 Å². The molecule has 1 heterocycles. The molecule has 0 bridgehead atoms. The lowest BCUT2D eigenvalue weighted by Crippen LogP contribution is -1.95. The van der Waals surface area contributed by atoms with Crippen LogP contribution in [0.3, 0.4) is 0 Å². The summed E-state index contributed by atoms with van der Waals surface area (Å²) in [5.74, 6) is 0. The molecule has 0 saturated carbocycles. The van der Waals surface area contributed by atoms with E-state index < -0.39 is 0 Å². The molecule has 9 aromatic rings. The van der Waals surface area contributed by atoms with E-state index >= 15 is 0 Å². The quantitative estimate of drug-likeness (QED) is 0.151. The predicted octanol–water partition coefficient (Wildman–Crippen LogP) is 12.4. The lowest BCUT2D eigenvalue weighted by molar-refractivity contribution is 1.18. The number of hydrogen-bond acceptors (Lipinski definition) is 1. The van der Waals surface area contributed by atoms with Crippen molar-refractivity contribution in [3.8, 4) is 39.1 Å². The van der Waals surface area contributed by atoms with Gasteiger partial charge in [0.25, 0.3) is 0 Å². The zero-order valence-corrected chi connectivity index (χ0v) is 26.0. The van der Waals surface area contributed by atoms with Crippen molar-refractivity contribution in [2.24, 2.45) is 0 Å². The molecule has 9 rings (SSSR count). The Labute approximate surface area is 273 Å². The lowest BCUT2D eigenvalue weighted by atomic mass is 9.85. The molecule has 8 aromatic carbocycles. The number of rotatable bonds is 4. The molecule has 0 unspecified atom stereocenters. The Morgan fingerprint density at radius 1 is 0.326 bits per heavy atom. The minimum absolute atomic E-state index is 0.971. The Morgan fingerprint density at radius 3 is 1.57 bits per heavy atom. The van der Waals surface area contributed by atoms with Gasteiger partial charge in [0.2, 0.25) is 0 Å². The van der Waals surface area contributed by atoms with Crippen LogP contribution in [-0.4, -0.2) is 4.57 Å². The Bertz CT molecular complexity index is 2560. The first kappa shape index (κ1) is 26.8. The summed E-state index contributed by atoms with van der Waals surface area (Å²) in [6.45, 7) is 0. The van der Waals surface area contributed by atoms with Crippen molar-refractivity contribution in [1.82, 2.24) is 4.57 Å². The maximum atomic E-state index is 4.64. The zero-order valence-electron chi connectivity index (χ0n) is 25.1. The van der Waals surface area contributed by atoms with E-state index in [-0.39, 0.29) is 0 Å². The van der Waals surface area contributed by atoms with Gasteiger partial charge in [0, 0.05) is 21.4 Å². The molecule has 0 atom stereocenters. The van der Waals surface area contributed by atoms with E-state index in [4.69, 9.17) is 0 Å². The summed E-state index contributed by atoms with van der Waals surface area (Å²) < 4.78 is 2.36. The van der Waals surface area contributed by atoms with E-state index in [0.29, 0.717) is 0 Å². The van der Waals surface area contributed by atoms with Gasteiger partial charge in [0.15, 0.2) is 0 Å². The predicted molar refractivity (Wildman–Crippen MR) is 199 cm³/mol. The maximum Gasteiger partial charge on any atom is 0.0541 e. The van der Waals surface area contributed by atoms with Crippen molar-refractivity contribution in [2.45, 2.75) is 4.90 Å². The van der Waals surface area contributed by atoms with Crippen LogP contribution in [0.25, 0.3) is 82.4 Å². The molecular weight excluding hydrogens is 575 g/mol. The van der Waals surface area contributed by atoms with Crippen LogP contribution in [0.2, 0.25) is 0 Å². The fraction of sp³-hybridized carbons (Fsp3) is 0. The molecule has 0 aliphatic heterocycles. The van der Waals surface area contributed by atoms with Crippen molar-refractivity contribution in [1.29, 1.82) is 0 Å². The fourth-order valence-corrected chi connectivity index (χ4v) is 7.44. The molecule has 0 N–H and O–H groups in total. The molecule has 216 valence electrons. The Kier molecular flexibility index (Phi) is 6.29. The monoisotopic (exact) mass is 603 g/mol. The molecule has 0 radical (unpaired) electrons. The number of fused-ring (bicyclic) bond motifs is 5. The fourth-order valence-electron chi connectivity index (χ4n) is 7.23. The second kappa shape index (κ2) is 10.8. The summed E-state index contributed by atoms with van der Waals surface area (Å²) in [6.07, 6.45) is 0. The highest BCUT2D eigenvalue weighted by Gasteiger charge is 2.18. The average Bonchev–Trinajstić information content (AvgIpc) is 3.44. The normalized spacial score (nSPS) is 11.6. The number of nitrogens with zero attached hydrogens (tertiary/aromatic N) is 1. The largest absolute Gasteiger partial charge is 0.309 e. The molecule has 0 fully saturated rings. The van der Waals surface area contributed by atoms with E-state index in [1.807, 2.05) is 0 Å². The van der Waals surface area contributed by atoms with Crippen molar-refractivity contribution < 1.29 is 0 Å². The molecule has 0 aliphatic carbocycles. The number of thiol groups is 1. The van der Waals surface area contributed by atoms with Crippen LogP contribution in [0.4, 0.5) is 0 Å². The summed E-state index contributed by atoms with van der Waals surface area (Å²) in [7, 11) is 0. The van der Waals surface area contributed by atoms with Gasteiger partial charge in [-0.25, -0.2) is 0 Å². The van der Waals surface area contributed by atoms with Gasteiger partial charge < -0.3 is 4.57 Å². The second-order valence-electron chi connectivity index (χ2n) is 11.9. The summed E-state index contributed by atoms with van der Waals surface area (Å²) >= 11 is 4.64. The number of aromatic nitrogens is 1. The number of para-hydroxylation sites is 1.